The molecule has 1 heterocycles. The molecule has 5 nitrogen and oxygen atoms in total. The fourth-order valence-electron chi connectivity index (χ4n) is 1.91. The summed E-state index contributed by atoms with van der Waals surface area (Å²) >= 11 is 0. The number of amides is 2. The summed E-state index contributed by atoms with van der Waals surface area (Å²) in [6.07, 6.45) is -3.98. The number of likely N-dealkylation sites (tertiary alicyclic amines) is 1. The first-order valence-electron chi connectivity index (χ1n) is 6.01. The van der Waals surface area contributed by atoms with E-state index in [-0.39, 0.29) is 30.2 Å². The van der Waals surface area contributed by atoms with Crippen LogP contribution >= 0.6 is 12.4 Å². The molecule has 3 N–H and O–H groups in total. The summed E-state index contributed by atoms with van der Waals surface area (Å²) in [5, 5.41) is 2.59. The number of carbonyl (C=O) groups is 1. The van der Waals surface area contributed by atoms with Crippen molar-refractivity contribution in [2.45, 2.75) is 18.8 Å². The molecule has 2 amide bonds. The van der Waals surface area contributed by atoms with E-state index in [1.54, 1.807) is 4.90 Å². The molecule has 1 atom stereocenters. The summed E-state index contributed by atoms with van der Waals surface area (Å²) in [5.74, 6) is -0.335. The summed E-state index contributed by atoms with van der Waals surface area (Å²) in [5.41, 5.74) is 6.08. The topological polar surface area (TPSA) is 67.6 Å². The first-order valence-corrected chi connectivity index (χ1v) is 6.01. The molecular formula is C12H15ClF3N3O2. The van der Waals surface area contributed by atoms with Crippen molar-refractivity contribution in [1.82, 2.24) is 4.90 Å². The van der Waals surface area contributed by atoms with Crippen LogP contribution in [0.2, 0.25) is 0 Å². The average molecular weight is 326 g/mol. The Morgan fingerprint density at radius 3 is 2.43 bits per heavy atom. The predicted molar refractivity (Wildman–Crippen MR) is 73.6 cm³/mol. The number of carbonyl (C=O) groups excluding carboxylic acids is 1. The Balaban J connectivity index is 0.00000220. The van der Waals surface area contributed by atoms with E-state index in [0.29, 0.717) is 18.8 Å². The molecule has 1 saturated heterocycles. The number of nitrogens with one attached hydrogen (secondary N) is 1. The summed E-state index contributed by atoms with van der Waals surface area (Å²) in [4.78, 5) is 13.4. The van der Waals surface area contributed by atoms with E-state index < -0.39 is 6.36 Å². The number of rotatable bonds is 2. The molecule has 1 aromatic rings. The standard InChI is InChI=1S/C12H14F3N3O2.ClH/c13-12(14,15)20-10-3-1-9(2-4-10)17-11(19)18-6-5-8(16)7-18;/h1-4,8H,5-7,16H2,(H,17,19);1H. The molecule has 0 saturated carbocycles. The zero-order valence-corrected chi connectivity index (χ0v) is 11.7. The molecular weight excluding hydrogens is 311 g/mol. The fraction of sp³-hybridized carbons (Fsp3) is 0.417. The van der Waals surface area contributed by atoms with Gasteiger partial charge < -0.3 is 20.7 Å². The normalized spacial score (nSPS) is 18.1. The van der Waals surface area contributed by atoms with E-state index in [9.17, 15) is 18.0 Å². The average Bonchev–Trinajstić information content (AvgIpc) is 2.77. The smallest absolute Gasteiger partial charge is 0.406 e. The van der Waals surface area contributed by atoms with Gasteiger partial charge in [0.1, 0.15) is 5.75 Å². The first-order chi connectivity index (χ1) is 9.33. The summed E-state index contributed by atoms with van der Waals surface area (Å²) in [6.45, 7) is 1.05. The molecule has 21 heavy (non-hydrogen) atoms. The number of halogens is 4. The van der Waals surface area contributed by atoms with Gasteiger partial charge in [0.25, 0.3) is 0 Å². The second-order valence-corrected chi connectivity index (χ2v) is 4.50. The zero-order chi connectivity index (χ0) is 14.8. The van der Waals surface area contributed by atoms with Crippen molar-refractivity contribution >= 4 is 24.1 Å². The lowest BCUT2D eigenvalue weighted by Crippen LogP contribution is -2.35. The molecule has 0 aromatic heterocycles. The van der Waals surface area contributed by atoms with Gasteiger partial charge in [0.15, 0.2) is 0 Å². The molecule has 9 heteroatoms. The van der Waals surface area contributed by atoms with Crippen LogP contribution in [0.25, 0.3) is 0 Å². The van der Waals surface area contributed by atoms with Gasteiger partial charge in [0.05, 0.1) is 0 Å². The highest BCUT2D eigenvalue weighted by atomic mass is 35.5. The molecule has 1 aliphatic rings. The van der Waals surface area contributed by atoms with E-state index in [1.165, 1.54) is 12.1 Å². The number of hydrogen-bond acceptors (Lipinski definition) is 3. The molecule has 2 rings (SSSR count). The van der Waals surface area contributed by atoms with Crippen LogP contribution in [-0.4, -0.2) is 36.4 Å². The second kappa shape index (κ2) is 6.86. The third-order valence-corrected chi connectivity index (χ3v) is 2.85. The number of urea groups is 1. The van der Waals surface area contributed by atoms with Gasteiger partial charge >= 0.3 is 12.4 Å². The highest BCUT2D eigenvalue weighted by Gasteiger charge is 2.31. The van der Waals surface area contributed by atoms with Gasteiger partial charge in [-0.05, 0) is 30.7 Å². The monoisotopic (exact) mass is 325 g/mol. The van der Waals surface area contributed by atoms with Crippen molar-refractivity contribution in [3.8, 4) is 5.75 Å². The fourth-order valence-corrected chi connectivity index (χ4v) is 1.91. The Hall–Kier alpha value is -1.67. The predicted octanol–water partition coefficient (Wildman–Crippen LogP) is 2.57. The third kappa shape index (κ3) is 5.31. The van der Waals surface area contributed by atoms with Gasteiger partial charge in [-0.1, -0.05) is 0 Å². The summed E-state index contributed by atoms with van der Waals surface area (Å²) < 4.78 is 39.7. The van der Waals surface area contributed by atoms with Crippen LogP contribution in [0, 0.1) is 0 Å². The lowest BCUT2D eigenvalue weighted by atomic mass is 10.3. The maximum atomic E-state index is 12.0. The van der Waals surface area contributed by atoms with Gasteiger partial charge in [-0.15, -0.1) is 25.6 Å². The number of nitrogens with zero attached hydrogens (tertiary/aromatic N) is 1. The largest absolute Gasteiger partial charge is 0.573 e. The molecule has 1 fully saturated rings. The van der Waals surface area contributed by atoms with Crippen LogP contribution in [-0.2, 0) is 0 Å². The Morgan fingerprint density at radius 2 is 1.95 bits per heavy atom. The van der Waals surface area contributed by atoms with Crippen LogP contribution < -0.4 is 15.8 Å². The molecule has 0 bridgehead atoms. The molecule has 1 aliphatic heterocycles. The van der Waals surface area contributed by atoms with E-state index in [4.69, 9.17) is 5.73 Å². The van der Waals surface area contributed by atoms with Crippen LogP contribution in [0.1, 0.15) is 6.42 Å². The third-order valence-electron chi connectivity index (χ3n) is 2.85. The number of hydrogen-bond donors (Lipinski definition) is 2. The molecule has 1 aromatic carbocycles. The quantitative estimate of drug-likeness (QED) is 0.878. The number of anilines is 1. The lowest BCUT2D eigenvalue weighted by molar-refractivity contribution is -0.274. The highest BCUT2D eigenvalue weighted by molar-refractivity contribution is 5.89. The van der Waals surface area contributed by atoms with Gasteiger partial charge in [0, 0.05) is 24.8 Å². The van der Waals surface area contributed by atoms with Crippen molar-refractivity contribution in [3.63, 3.8) is 0 Å². The van der Waals surface area contributed by atoms with Crippen LogP contribution in [0.15, 0.2) is 24.3 Å². The van der Waals surface area contributed by atoms with Crippen molar-refractivity contribution in [1.29, 1.82) is 0 Å². The van der Waals surface area contributed by atoms with Crippen LogP contribution in [0.3, 0.4) is 0 Å². The minimum absolute atomic E-state index is 0. The molecule has 118 valence electrons. The van der Waals surface area contributed by atoms with Gasteiger partial charge in [0.2, 0.25) is 0 Å². The lowest BCUT2D eigenvalue weighted by Gasteiger charge is -2.17. The van der Waals surface area contributed by atoms with Crippen LogP contribution in [0.4, 0.5) is 23.7 Å². The number of alkyl halides is 3. The summed E-state index contributed by atoms with van der Waals surface area (Å²) in [6, 6.07) is 4.62. The van der Waals surface area contributed by atoms with Crippen molar-refractivity contribution in [2.24, 2.45) is 5.73 Å². The Kier molecular flexibility index (Phi) is 5.68. The minimum Gasteiger partial charge on any atom is -0.406 e. The number of ether oxygens (including phenoxy) is 1. The van der Waals surface area contributed by atoms with Crippen molar-refractivity contribution < 1.29 is 22.7 Å². The number of nitrogens with two attached hydrogens (primary N) is 1. The number of benzene rings is 1. The summed E-state index contributed by atoms with van der Waals surface area (Å²) in [7, 11) is 0. The van der Waals surface area contributed by atoms with Gasteiger partial charge in [-0.25, -0.2) is 4.79 Å². The molecule has 1 unspecified atom stereocenters. The maximum absolute atomic E-state index is 12.0. The second-order valence-electron chi connectivity index (χ2n) is 4.50. The van der Waals surface area contributed by atoms with E-state index in [2.05, 4.69) is 10.1 Å². The minimum atomic E-state index is -4.73. The Bertz CT molecular complexity index is 482. The zero-order valence-electron chi connectivity index (χ0n) is 10.9. The Labute approximate surface area is 125 Å². The highest BCUT2D eigenvalue weighted by Crippen LogP contribution is 2.24. The van der Waals surface area contributed by atoms with Gasteiger partial charge in [-0.2, -0.15) is 0 Å². The van der Waals surface area contributed by atoms with E-state index in [1.807, 2.05) is 0 Å². The Morgan fingerprint density at radius 1 is 1.33 bits per heavy atom. The molecule has 0 aliphatic carbocycles. The van der Waals surface area contributed by atoms with E-state index in [0.717, 1.165) is 18.6 Å². The first kappa shape index (κ1) is 17.4. The van der Waals surface area contributed by atoms with Crippen molar-refractivity contribution in [2.75, 3.05) is 18.4 Å². The van der Waals surface area contributed by atoms with Crippen LogP contribution in [0.5, 0.6) is 5.75 Å². The van der Waals surface area contributed by atoms with E-state index >= 15 is 0 Å². The maximum Gasteiger partial charge on any atom is 0.573 e. The van der Waals surface area contributed by atoms with Crippen molar-refractivity contribution in [3.05, 3.63) is 24.3 Å². The molecule has 0 radical (unpaired) electrons. The van der Waals surface area contributed by atoms with Gasteiger partial charge in [-0.3, -0.25) is 0 Å². The molecule has 0 spiro atoms. The SMILES string of the molecule is Cl.NC1CCN(C(=O)Nc2ccc(OC(F)(F)F)cc2)C1.